The van der Waals surface area contributed by atoms with Crippen molar-refractivity contribution in [2.75, 3.05) is 20.2 Å². The monoisotopic (exact) mass is 316 g/mol. The van der Waals surface area contributed by atoms with Gasteiger partial charge < -0.3 is 15.4 Å². The topological polar surface area (TPSA) is 55.6 Å². The maximum absolute atomic E-state index is 12.6. The first-order chi connectivity index (χ1) is 11.2. The van der Waals surface area contributed by atoms with Gasteiger partial charge >= 0.3 is 0 Å². The molecule has 2 fully saturated rings. The van der Waals surface area contributed by atoms with E-state index in [1.807, 2.05) is 12.1 Å². The number of hydrogen-bond acceptors (Lipinski definition) is 3. The fourth-order valence-electron chi connectivity index (χ4n) is 4.04. The van der Waals surface area contributed by atoms with E-state index in [0.29, 0.717) is 11.8 Å². The summed E-state index contributed by atoms with van der Waals surface area (Å²) in [7, 11) is 1.73. The number of benzene rings is 1. The third kappa shape index (κ3) is 3.86. The van der Waals surface area contributed by atoms with E-state index in [1.165, 1.54) is 5.56 Å². The molecule has 23 heavy (non-hydrogen) atoms. The second-order valence-electron chi connectivity index (χ2n) is 7.05. The van der Waals surface area contributed by atoms with Crippen LogP contribution in [0.25, 0.3) is 0 Å². The Morgan fingerprint density at radius 1 is 1.22 bits per heavy atom. The molecule has 2 atom stereocenters. The lowest BCUT2D eigenvalue weighted by Gasteiger charge is -2.34. The van der Waals surface area contributed by atoms with E-state index in [2.05, 4.69) is 17.0 Å². The average molecular weight is 316 g/mol. The Hall–Kier alpha value is -1.55. The summed E-state index contributed by atoms with van der Waals surface area (Å²) in [4.78, 5) is 14.6. The number of rotatable bonds is 4. The predicted octanol–water partition coefficient (Wildman–Crippen LogP) is 2.60. The molecule has 4 heteroatoms. The molecule has 2 N–H and O–H groups in total. The molecule has 1 aliphatic carbocycles. The largest absolute Gasteiger partial charge is 0.496 e. The van der Waals surface area contributed by atoms with Gasteiger partial charge in [0, 0.05) is 25.0 Å². The van der Waals surface area contributed by atoms with E-state index < -0.39 is 0 Å². The van der Waals surface area contributed by atoms with Crippen LogP contribution in [0.5, 0.6) is 5.75 Å². The summed E-state index contributed by atoms with van der Waals surface area (Å²) in [6.07, 6.45) is 6.06. The van der Waals surface area contributed by atoms with E-state index in [0.717, 1.165) is 57.4 Å². The molecule has 1 heterocycles. The summed E-state index contributed by atoms with van der Waals surface area (Å²) in [5.41, 5.74) is 7.22. The number of ether oxygens (including phenoxy) is 1. The van der Waals surface area contributed by atoms with Crippen molar-refractivity contribution < 1.29 is 9.53 Å². The van der Waals surface area contributed by atoms with Crippen molar-refractivity contribution in [1.29, 1.82) is 0 Å². The maximum Gasteiger partial charge on any atom is 0.225 e. The molecule has 1 amide bonds. The average Bonchev–Trinajstić information content (AvgIpc) is 3.02. The number of nitrogens with zero attached hydrogens (tertiary/aromatic N) is 1. The summed E-state index contributed by atoms with van der Waals surface area (Å²) < 4.78 is 5.45. The van der Waals surface area contributed by atoms with Crippen LogP contribution in [0.2, 0.25) is 0 Å². The Morgan fingerprint density at radius 3 is 2.61 bits per heavy atom. The zero-order valence-corrected chi connectivity index (χ0v) is 14.0. The van der Waals surface area contributed by atoms with Gasteiger partial charge in [-0.15, -0.1) is 0 Å². The number of methoxy groups -OCH3 is 1. The van der Waals surface area contributed by atoms with Crippen LogP contribution < -0.4 is 10.5 Å². The summed E-state index contributed by atoms with van der Waals surface area (Å²) in [5.74, 6) is 2.14. The Labute approximate surface area is 139 Å². The van der Waals surface area contributed by atoms with Crippen molar-refractivity contribution in [3.05, 3.63) is 29.8 Å². The first-order valence-corrected chi connectivity index (χ1v) is 8.83. The molecule has 0 spiro atoms. The molecule has 1 saturated heterocycles. The molecule has 0 bridgehead atoms. The van der Waals surface area contributed by atoms with Crippen molar-refractivity contribution in [2.45, 2.75) is 44.6 Å². The van der Waals surface area contributed by atoms with Crippen molar-refractivity contribution in [3.8, 4) is 5.75 Å². The van der Waals surface area contributed by atoms with Gasteiger partial charge in [0.05, 0.1) is 7.11 Å². The lowest BCUT2D eigenvalue weighted by atomic mass is 9.89. The molecule has 1 aromatic carbocycles. The van der Waals surface area contributed by atoms with Gasteiger partial charge in [-0.1, -0.05) is 18.2 Å². The van der Waals surface area contributed by atoms with E-state index in [1.54, 1.807) is 7.11 Å². The standard InChI is InChI=1S/C19H28N2O2/c1-23-18-5-3-2-4-15(18)12-14-8-10-21(11-9-14)19(22)16-6-7-17(20)13-16/h2-5,14,16-17H,6-13,20H2,1H3/t16-,17-/m1/s1. The lowest BCUT2D eigenvalue weighted by Crippen LogP contribution is -2.41. The highest BCUT2D eigenvalue weighted by Crippen LogP contribution is 2.30. The molecule has 1 saturated carbocycles. The van der Waals surface area contributed by atoms with Gasteiger partial charge in [-0.25, -0.2) is 0 Å². The van der Waals surface area contributed by atoms with Crippen molar-refractivity contribution in [2.24, 2.45) is 17.6 Å². The normalized spacial score (nSPS) is 25.6. The maximum atomic E-state index is 12.6. The fraction of sp³-hybridized carbons (Fsp3) is 0.632. The Bertz CT molecular complexity index is 538. The van der Waals surface area contributed by atoms with Gasteiger partial charge in [0.15, 0.2) is 0 Å². The summed E-state index contributed by atoms with van der Waals surface area (Å²) in [5, 5.41) is 0. The predicted molar refractivity (Wildman–Crippen MR) is 91.3 cm³/mol. The fourth-order valence-corrected chi connectivity index (χ4v) is 4.04. The molecule has 4 nitrogen and oxygen atoms in total. The third-order valence-corrected chi connectivity index (χ3v) is 5.45. The van der Waals surface area contributed by atoms with Gasteiger partial charge in [-0.05, 0) is 56.1 Å². The molecule has 2 aliphatic rings. The number of nitrogens with two attached hydrogens (primary N) is 1. The van der Waals surface area contributed by atoms with E-state index >= 15 is 0 Å². The minimum absolute atomic E-state index is 0.177. The quantitative estimate of drug-likeness (QED) is 0.929. The Balaban J connectivity index is 1.51. The molecule has 0 unspecified atom stereocenters. The van der Waals surface area contributed by atoms with Gasteiger partial charge in [0.2, 0.25) is 5.91 Å². The lowest BCUT2D eigenvalue weighted by molar-refractivity contribution is -0.136. The first kappa shape index (κ1) is 16.3. The highest BCUT2D eigenvalue weighted by atomic mass is 16.5. The van der Waals surface area contributed by atoms with E-state index in [4.69, 9.17) is 10.5 Å². The Kier molecular flexibility index (Phi) is 5.21. The van der Waals surface area contributed by atoms with Crippen molar-refractivity contribution in [1.82, 2.24) is 4.90 Å². The number of para-hydroxylation sites is 1. The smallest absolute Gasteiger partial charge is 0.225 e. The number of hydrogen-bond donors (Lipinski definition) is 1. The van der Waals surface area contributed by atoms with Crippen molar-refractivity contribution in [3.63, 3.8) is 0 Å². The van der Waals surface area contributed by atoms with Crippen LogP contribution in [0.3, 0.4) is 0 Å². The molecular weight excluding hydrogens is 288 g/mol. The number of piperidine rings is 1. The summed E-state index contributed by atoms with van der Waals surface area (Å²) in [6.45, 7) is 1.79. The van der Waals surface area contributed by atoms with Crippen LogP contribution in [0.15, 0.2) is 24.3 Å². The number of carbonyl (C=O) groups excluding carboxylic acids is 1. The zero-order valence-electron chi connectivity index (χ0n) is 14.0. The van der Waals surface area contributed by atoms with Gasteiger partial charge in [0.1, 0.15) is 5.75 Å². The second kappa shape index (κ2) is 7.35. The summed E-state index contributed by atoms with van der Waals surface area (Å²) in [6, 6.07) is 8.48. The van der Waals surface area contributed by atoms with E-state index in [-0.39, 0.29) is 12.0 Å². The second-order valence-corrected chi connectivity index (χ2v) is 7.05. The van der Waals surface area contributed by atoms with Crippen LogP contribution in [0, 0.1) is 11.8 Å². The van der Waals surface area contributed by atoms with Gasteiger partial charge in [0.25, 0.3) is 0 Å². The number of carbonyl (C=O) groups is 1. The molecule has 0 radical (unpaired) electrons. The number of amides is 1. The number of likely N-dealkylation sites (tertiary alicyclic amines) is 1. The van der Waals surface area contributed by atoms with Gasteiger partial charge in [-0.3, -0.25) is 4.79 Å². The first-order valence-electron chi connectivity index (χ1n) is 8.83. The minimum Gasteiger partial charge on any atom is -0.496 e. The SMILES string of the molecule is COc1ccccc1CC1CCN(C(=O)[C@@H]2CC[C@@H](N)C2)CC1. The Morgan fingerprint density at radius 2 is 1.96 bits per heavy atom. The van der Waals surface area contributed by atoms with Crippen LogP contribution in [-0.4, -0.2) is 37.0 Å². The molecule has 126 valence electrons. The highest BCUT2D eigenvalue weighted by Gasteiger charge is 2.32. The van der Waals surface area contributed by atoms with Crippen LogP contribution in [-0.2, 0) is 11.2 Å². The molecular formula is C19H28N2O2. The van der Waals surface area contributed by atoms with E-state index in [9.17, 15) is 4.79 Å². The minimum atomic E-state index is 0.177. The van der Waals surface area contributed by atoms with Gasteiger partial charge in [-0.2, -0.15) is 0 Å². The van der Waals surface area contributed by atoms with Crippen LogP contribution in [0.4, 0.5) is 0 Å². The molecule has 0 aromatic heterocycles. The van der Waals surface area contributed by atoms with Crippen molar-refractivity contribution >= 4 is 5.91 Å². The zero-order chi connectivity index (χ0) is 16.2. The summed E-state index contributed by atoms with van der Waals surface area (Å²) >= 11 is 0. The van der Waals surface area contributed by atoms with Crippen LogP contribution >= 0.6 is 0 Å². The third-order valence-electron chi connectivity index (χ3n) is 5.45. The molecule has 3 rings (SSSR count). The highest BCUT2D eigenvalue weighted by molar-refractivity contribution is 5.79. The van der Waals surface area contributed by atoms with Crippen LogP contribution in [0.1, 0.15) is 37.7 Å². The molecule has 1 aromatic rings. The molecule has 1 aliphatic heterocycles.